The maximum Gasteiger partial charge on any atom is 0.254 e. The summed E-state index contributed by atoms with van der Waals surface area (Å²) >= 11 is 6.29. The third-order valence-corrected chi connectivity index (χ3v) is 7.52. The number of hydrogen-bond acceptors (Lipinski definition) is 8. The Bertz CT molecular complexity index is 1780. The fourth-order valence-corrected chi connectivity index (χ4v) is 5.25. The molecule has 0 spiro atoms. The van der Waals surface area contributed by atoms with E-state index in [4.69, 9.17) is 11.6 Å². The smallest absolute Gasteiger partial charge is 0.254 e. The number of fused-ring (bicyclic) bond motifs is 1. The fraction of sp³-hybridized carbons (Fsp3) is 0.276. The van der Waals surface area contributed by atoms with Crippen LogP contribution in [0.1, 0.15) is 37.9 Å². The fourth-order valence-electron chi connectivity index (χ4n) is 5.08. The van der Waals surface area contributed by atoms with E-state index in [0.29, 0.717) is 63.9 Å². The molecule has 0 fully saturated rings. The predicted octanol–water partition coefficient (Wildman–Crippen LogP) is 4.22. The molecule has 0 aliphatic carbocycles. The first kappa shape index (κ1) is 28.7. The molecule has 13 heteroatoms. The van der Waals surface area contributed by atoms with E-state index in [1.165, 1.54) is 23.3 Å². The second-order valence-electron chi connectivity index (χ2n) is 10.0. The lowest BCUT2D eigenvalue weighted by molar-refractivity contribution is -0.119. The number of hydrogen-bond donors (Lipinski definition) is 2. The van der Waals surface area contributed by atoms with Crippen LogP contribution >= 0.6 is 11.6 Å². The van der Waals surface area contributed by atoms with Gasteiger partial charge >= 0.3 is 0 Å². The Morgan fingerprint density at radius 1 is 1.24 bits per heavy atom. The lowest BCUT2D eigenvalue weighted by Gasteiger charge is -2.23. The van der Waals surface area contributed by atoms with Crippen LogP contribution in [0.2, 0.25) is 5.02 Å². The van der Waals surface area contributed by atoms with Crippen molar-refractivity contribution in [2.75, 3.05) is 12.4 Å². The van der Waals surface area contributed by atoms with Gasteiger partial charge in [0, 0.05) is 42.2 Å². The zero-order valence-corrected chi connectivity index (χ0v) is 24.2. The van der Waals surface area contributed by atoms with Crippen LogP contribution < -0.4 is 10.9 Å². The zero-order chi connectivity index (χ0) is 30.0. The summed E-state index contributed by atoms with van der Waals surface area (Å²) in [5.74, 6) is -0.605. The quantitative estimate of drug-likeness (QED) is 0.363. The van der Waals surface area contributed by atoms with Crippen LogP contribution in [0.25, 0.3) is 22.5 Å². The highest BCUT2D eigenvalue weighted by atomic mass is 35.5. The van der Waals surface area contributed by atoms with Gasteiger partial charge < -0.3 is 10.4 Å². The van der Waals surface area contributed by atoms with Crippen molar-refractivity contribution in [3.05, 3.63) is 82.8 Å². The molecular formula is C29H30ClN9O3. The van der Waals surface area contributed by atoms with Crippen LogP contribution in [0.4, 0.5) is 5.69 Å². The number of aromatic nitrogens is 7. The molecule has 1 amide bonds. The molecule has 0 saturated carbocycles. The average Bonchev–Trinajstić information content (AvgIpc) is 3.56. The molecule has 0 bridgehead atoms. The normalized spacial score (nSPS) is 20.1. The minimum atomic E-state index is -0.462. The summed E-state index contributed by atoms with van der Waals surface area (Å²) in [7, 11) is 3.47. The second kappa shape index (κ2) is 12.0. The van der Waals surface area contributed by atoms with Crippen molar-refractivity contribution in [2.24, 2.45) is 18.0 Å². The van der Waals surface area contributed by atoms with E-state index in [0.717, 1.165) is 0 Å². The summed E-state index contributed by atoms with van der Waals surface area (Å²) in [6, 6.07) is 6.03. The first-order valence-electron chi connectivity index (χ1n) is 13.3. The van der Waals surface area contributed by atoms with Crippen molar-refractivity contribution >= 4 is 34.5 Å². The Balaban J connectivity index is 1.60. The Morgan fingerprint density at radius 3 is 2.74 bits per heavy atom. The number of carbonyl (C=O) groups excluding carboxylic acids is 1. The third kappa shape index (κ3) is 5.66. The molecule has 3 aromatic heterocycles. The number of nitrogens with zero attached hydrogens (tertiary/aromatic N) is 8. The predicted molar refractivity (Wildman–Crippen MR) is 161 cm³/mol. The Kier molecular flexibility index (Phi) is 8.16. The van der Waals surface area contributed by atoms with Gasteiger partial charge in [-0.2, -0.15) is 5.10 Å². The van der Waals surface area contributed by atoms with Gasteiger partial charge in [-0.25, -0.2) is 9.67 Å². The standard InChI is InChI=1S/C29H30ClN9O3/c1-5-18-11-22(31-3)25(8-6-7-17(2)29(42)34-23-14-33-37(4)28(18)23)38-16-32-21(13-27(38)41)20-12-19(30)9-10-24(20)39-15-26(40)35-36-39/h5,9-17,25,40H,1,6-8H2,2-4H3,(H,34,42)/b18-11+,31-22?/t17-,25+/m1/s1. The van der Waals surface area contributed by atoms with E-state index >= 15 is 0 Å². The van der Waals surface area contributed by atoms with Crippen molar-refractivity contribution in [1.29, 1.82) is 0 Å². The van der Waals surface area contributed by atoms with E-state index < -0.39 is 6.04 Å². The molecular weight excluding hydrogens is 558 g/mol. The number of amides is 1. The SMILES string of the molecule is C=C/C1=C\C(=NC)[C@@H](n2cnc(-c3cc(Cl)ccc3-n3cc(O)nn3)cc2=O)CCC[C@@H](C)C(=O)Nc2cnn(C)c21. The maximum atomic E-state index is 13.7. The lowest BCUT2D eigenvalue weighted by Crippen LogP contribution is -2.30. The van der Waals surface area contributed by atoms with E-state index in [1.807, 2.05) is 13.0 Å². The molecule has 2 atom stereocenters. The highest BCUT2D eigenvalue weighted by Crippen LogP contribution is 2.30. The van der Waals surface area contributed by atoms with Gasteiger partial charge in [-0.1, -0.05) is 47.9 Å². The van der Waals surface area contributed by atoms with Crippen LogP contribution in [-0.2, 0) is 11.8 Å². The van der Waals surface area contributed by atoms with E-state index in [1.54, 1.807) is 53.8 Å². The molecule has 1 aliphatic heterocycles. The van der Waals surface area contributed by atoms with Crippen LogP contribution in [0.15, 0.2) is 71.5 Å². The number of anilines is 1. The molecule has 5 rings (SSSR count). The maximum absolute atomic E-state index is 13.7. The van der Waals surface area contributed by atoms with Crippen molar-refractivity contribution < 1.29 is 9.90 Å². The van der Waals surface area contributed by atoms with Crippen molar-refractivity contribution in [2.45, 2.75) is 32.2 Å². The van der Waals surface area contributed by atoms with Gasteiger partial charge in [0.05, 0.1) is 53.2 Å². The average molecular weight is 588 g/mol. The molecule has 0 saturated heterocycles. The summed E-state index contributed by atoms with van der Waals surface area (Å²) in [5.41, 5.74) is 3.75. The zero-order valence-electron chi connectivity index (χ0n) is 23.4. The summed E-state index contributed by atoms with van der Waals surface area (Å²) in [5, 5.41) is 25.0. The van der Waals surface area contributed by atoms with Crippen LogP contribution in [0.3, 0.4) is 0 Å². The molecule has 4 aromatic rings. The van der Waals surface area contributed by atoms with Crippen molar-refractivity contribution in [1.82, 2.24) is 34.3 Å². The third-order valence-electron chi connectivity index (χ3n) is 7.29. The largest absolute Gasteiger partial charge is 0.491 e. The number of nitrogens with one attached hydrogen (secondary N) is 1. The first-order chi connectivity index (χ1) is 20.2. The molecule has 0 radical (unpaired) electrons. The van der Waals surface area contributed by atoms with Gasteiger partial charge in [0.2, 0.25) is 5.91 Å². The summed E-state index contributed by atoms with van der Waals surface area (Å²) in [4.78, 5) is 35.8. The van der Waals surface area contributed by atoms with Gasteiger partial charge in [-0.3, -0.25) is 23.8 Å². The Labute approximate surface area is 246 Å². The molecule has 1 aliphatic rings. The molecule has 4 heterocycles. The molecule has 42 heavy (non-hydrogen) atoms. The minimum absolute atomic E-state index is 0.101. The highest BCUT2D eigenvalue weighted by Gasteiger charge is 2.24. The number of carbonyl (C=O) groups is 1. The number of benzene rings is 1. The van der Waals surface area contributed by atoms with Gasteiger partial charge in [0.15, 0.2) is 0 Å². The van der Waals surface area contributed by atoms with Gasteiger partial charge in [0.25, 0.3) is 11.4 Å². The monoisotopic (exact) mass is 587 g/mol. The van der Waals surface area contributed by atoms with Gasteiger partial charge in [-0.15, -0.1) is 0 Å². The molecule has 0 unspecified atom stereocenters. The number of halogens is 1. The summed E-state index contributed by atoms with van der Waals surface area (Å²) in [6.07, 6.45) is 9.82. The summed E-state index contributed by atoms with van der Waals surface area (Å²) in [6.45, 7) is 5.86. The Hall–Kier alpha value is -4.84. The summed E-state index contributed by atoms with van der Waals surface area (Å²) < 4.78 is 4.60. The van der Waals surface area contributed by atoms with Crippen molar-refractivity contribution in [3.63, 3.8) is 0 Å². The van der Waals surface area contributed by atoms with Gasteiger partial charge in [-0.05, 0) is 37.1 Å². The van der Waals surface area contributed by atoms with Crippen molar-refractivity contribution in [3.8, 4) is 22.8 Å². The Morgan fingerprint density at radius 2 is 2.05 bits per heavy atom. The lowest BCUT2D eigenvalue weighted by atomic mass is 9.95. The molecule has 1 aromatic carbocycles. The number of rotatable bonds is 4. The van der Waals surface area contributed by atoms with Gasteiger partial charge in [0.1, 0.15) is 0 Å². The number of allylic oxidation sites excluding steroid dienone is 3. The van der Waals surface area contributed by atoms with E-state index in [9.17, 15) is 14.7 Å². The topological polar surface area (TPSA) is 145 Å². The molecule has 216 valence electrons. The molecule has 2 N–H and O–H groups in total. The van der Waals surface area contributed by atoms with Crippen LogP contribution in [0, 0.1) is 5.92 Å². The van der Waals surface area contributed by atoms with Crippen LogP contribution in [0.5, 0.6) is 5.88 Å². The second-order valence-corrected chi connectivity index (χ2v) is 10.5. The van der Waals surface area contributed by atoms with Crippen LogP contribution in [-0.4, -0.2) is 58.1 Å². The van der Waals surface area contributed by atoms with E-state index in [-0.39, 0.29) is 23.3 Å². The van der Waals surface area contributed by atoms with E-state index in [2.05, 4.69) is 37.3 Å². The first-order valence-corrected chi connectivity index (χ1v) is 13.7. The number of aromatic hydroxyl groups is 1. The highest BCUT2D eigenvalue weighted by molar-refractivity contribution is 6.31. The minimum Gasteiger partial charge on any atom is -0.491 e. The molecule has 12 nitrogen and oxygen atoms in total. The number of aryl methyl sites for hydroxylation is 1. The number of aliphatic imine (C=N–C) groups is 1.